The van der Waals surface area contributed by atoms with Crippen molar-refractivity contribution in [2.24, 2.45) is 5.92 Å². The first-order chi connectivity index (χ1) is 13.7. The number of esters is 1. The molecule has 1 aliphatic heterocycles. The minimum absolute atomic E-state index is 0.189. The van der Waals surface area contributed by atoms with E-state index in [0.717, 1.165) is 54.6 Å². The predicted molar refractivity (Wildman–Crippen MR) is 104 cm³/mol. The number of benzene rings is 1. The molecule has 0 aromatic heterocycles. The zero-order valence-electron chi connectivity index (χ0n) is 16.8. The lowest BCUT2D eigenvalue weighted by Crippen LogP contribution is -2.50. The number of fused-ring (bicyclic) bond motifs is 1. The first-order valence-electron chi connectivity index (χ1n) is 9.90. The molecule has 2 atom stereocenters. The highest BCUT2D eigenvalue weighted by molar-refractivity contribution is 7.89. The second kappa shape index (κ2) is 8.79. The highest BCUT2D eigenvalue weighted by Crippen LogP contribution is 2.35. The highest BCUT2D eigenvalue weighted by atomic mass is 32.2. The number of carbonyl (C=O) groups is 2. The van der Waals surface area contributed by atoms with Gasteiger partial charge in [0.05, 0.1) is 10.5 Å². The van der Waals surface area contributed by atoms with Crippen LogP contribution in [0, 0.1) is 11.7 Å². The van der Waals surface area contributed by atoms with Gasteiger partial charge in [-0.3, -0.25) is 4.79 Å². The normalized spacial score (nSPS) is 22.3. The van der Waals surface area contributed by atoms with Gasteiger partial charge in [0.15, 0.2) is 6.61 Å². The molecule has 1 amide bonds. The average Bonchev–Trinajstić information content (AvgIpc) is 2.71. The predicted octanol–water partition coefficient (Wildman–Crippen LogP) is 2.41. The van der Waals surface area contributed by atoms with E-state index in [1.807, 2.05) is 0 Å². The zero-order valence-corrected chi connectivity index (χ0v) is 17.6. The standard InChI is InChI=1S/C20H27FN2O5S/c1-22(2)29(26,27)15-9-10-17(21)16(12-15)20(25)28-13-19(24)23-11-5-7-14-6-3-4-8-18(14)23/h9-10,12,14,18H,3-8,11,13H2,1-2H3/t14-,18+/m1/s1. The summed E-state index contributed by atoms with van der Waals surface area (Å²) in [6.45, 7) is 0.161. The van der Waals surface area contributed by atoms with E-state index in [9.17, 15) is 22.4 Å². The number of amides is 1. The Kier molecular flexibility index (Phi) is 6.58. The first kappa shape index (κ1) is 21.7. The van der Waals surface area contributed by atoms with Crippen LogP contribution in [0.5, 0.6) is 0 Å². The molecule has 0 bridgehead atoms. The molecule has 7 nitrogen and oxygen atoms in total. The lowest BCUT2D eigenvalue weighted by Gasteiger charge is -2.44. The fraction of sp³-hybridized carbons (Fsp3) is 0.600. The summed E-state index contributed by atoms with van der Waals surface area (Å²) in [5.41, 5.74) is -0.505. The maximum atomic E-state index is 14.1. The molecule has 1 aromatic carbocycles. The quantitative estimate of drug-likeness (QED) is 0.675. The second-order valence-corrected chi connectivity index (χ2v) is 10.00. The molecule has 1 saturated carbocycles. The molecule has 0 N–H and O–H groups in total. The molecule has 1 heterocycles. The Labute approximate surface area is 170 Å². The molecular formula is C20H27FN2O5S. The van der Waals surface area contributed by atoms with E-state index < -0.39 is 34.0 Å². The molecule has 3 rings (SSSR count). The third-order valence-corrected chi connectivity index (χ3v) is 7.64. The van der Waals surface area contributed by atoms with E-state index in [1.54, 1.807) is 4.90 Å². The van der Waals surface area contributed by atoms with Crippen molar-refractivity contribution in [2.75, 3.05) is 27.2 Å². The minimum atomic E-state index is -3.83. The summed E-state index contributed by atoms with van der Waals surface area (Å²) < 4.78 is 44.6. The Bertz CT molecular complexity index is 885. The molecule has 2 aliphatic rings. The van der Waals surface area contributed by atoms with Crippen LogP contribution in [0.1, 0.15) is 48.9 Å². The van der Waals surface area contributed by atoms with Crippen molar-refractivity contribution in [3.05, 3.63) is 29.6 Å². The highest BCUT2D eigenvalue weighted by Gasteiger charge is 2.36. The van der Waals surface area contributed by atoms with Crippen molar-refractivity contribution >= 4 is 21.9 Å². The summed E-state index contributed by atoms with van der Waals surface area (Å²) in [7, 11) is -1.15. The van der Waals surface area contributed by atoms with Crippen molar-refractivity contribution in [3.63, 3.8) is 0 Å². The van der Waals surface area contributed by atoms with Crippen LogP contribution in [-0.2, 0) is 19.6 Å². The van der Waals surface area contributed by atoms with E-state index in [0.29, 0.717) is 12.5 Å². The molecular weight excluding hydrogens is 399 g/mol. The van der Waals surface area contributed by atoms with Crippen LogP contribution in [0.4, 0.5) is 4.39 Å². The molecule has 0 spiro atoms. The number of carbonyl (C=O) groups excluding carboxylic acids is 2. The Balaban J connectivity index is 1.68. The van der Waals surface area contributed by atoms with E-state index >= 15 is 0 Å². The van der Waals surface area contributed by atoms with Crippen molar-refractivity contribution in [3.8, 4) is 0 Å². The third kappa shape index (κ3) is 4.61. The number of hydrogen-bond donors (Lipinski definition) is 0. The maximum absolute atomic E-state index is 14.1. The summed E-state index contributed by atoms with van der Waals surface area (Å²) in [5.74, 6) is -1.73. The molecule has 0 unspecified atom stereocenters. The van der Waals surface area contributed by atoms with Gasteiger partial charge in [0.2, 0.25) is 10.0 Å². The molecule has 0 radical (unpaired) electrons. The largest absolute Gasteiger partial charge is 0.452 e. The van der Waals surface area contributed by atoms with Gasteiger partial charge in [0.1, 0.15) is 5.82 Å². The fourth-order valence-corrected chi connectivity index (χ4v) is 5.18. The van der Waals surface area contributed by atoms with Gasteiger partial charge in [-0.2, -0.15) is 0 Å². The number of likely N-dealkylation sites (tertiary alicyclic amines) is 1. The summed E-state index contributed by atoms with van der Waals surface area (Å²) in [6, 6.07) is 3.12. The van der Waals surface area contributed by atoms with Crippen LogP contribution < -0.4 is 0 Å². The summed E-state index contributed by atoms with van der Waals surface area (Å²) in [6.07, 6.45) is 6.40. The lowest BCUT2D eigenvalue weighted by atomic mass is 9.78. The van der Waals surface area contributed by atoms with Gasteiger partial charge in [0.25, 0.3) is 5.91 Å². The number of piperidine rings is 1. The van der Waals surface area contributed by atoms with Gasteiger partial charge >= 0.3 is 5.97 Å². The molecule has 160 valence electrons. The molecule has 1 aromatic rings. The molecule has 1 saturated heterocycles. The number of nitrogens with zero attached hydrogens (tertiary/aromatic N) is 2. The SMILES string of the molecule is CN(C)S(=O)(=O)c1ccc(F)c(C(=O)OCC(=O)N2CCC[C@H]3CCCC[C@@H]32)c1. The second-order valence-electron chi connectivity index (χ2n) is 7.85. The topological polar surface area (TPSA) is 84.0 Å². The van der Waals surface area contributed by atoms with Gasteiger partial charge in [-0.25, -0.2) is 21.9 Å². The summed E-state index contributed by atoms with van der Waals surface area (Å²) in [4.78, 5) is 26.6. The minimum Gasteiger partial charge on any atom is -0.452 e. The van der Waals surface area contributed by atoms with Gasteiger partial charge in [-0.15, -0.1) is 0 Å². The van der Waals surface area contributed by atoms with Crippen LogP contribution in [-0.4, -0.2) is 62.8 Å². The van der Waals surface area contributed by atoms with Crippen molar-refractivity contribution in [2.45, 2.75) is 49.5 Å². The number of ether oxygens (including phenoxy) is 1. The van der Waals surface area contributed by atoms with Crippen LogP contribution >= 0.6 is 0 Å². The van der Waals surface area contributed by atoms with Crippen LogP contribution in [0.25, 0.3) is 0 Å². The summed E-state index contributed by atoms with van der Waals surface area (Å²) in [5, 5.41) is 0. The molecule has 29 heavy (non-hydrogen) atoms. The van der Waals surface area contributed by atoms with Gasteiger partial charge in [0, 0.05) is 26.7 Å². The summed E-state index contributed by atoms with van der Waals surface area (Å²) >= 11 is 0. The number of rotatable bonds is 5. The van der Waals surface area contributed by atoms with Gasteiger partial charge in [-0.1, -0.05) is 12.8 Å². The van der Waals surface area contributed by atoms with E-state index in [2.05, 4.69) is 0 Å². The Hall–Kier alpha value is -2.00. The molecule has 2 fully saturated rings. The number of hydrogen-bond acceptors (Lipinski definition) is 5. The van der Waals surface area contributed by atoms with Crippen molar-refractivity contribution in [1.82, 2.24) is 9.21 Å². The van der Waals surface area contributed by atoms with Crippen LogP contribution in [0.2, 0.25) is 0 Å². The van der Waals surface area contributed by atoms with Gasteiger partial charge < -0.3 is 9.64 Å². The van der Waals surface area contributed by atoms with E-state index in [-0.39, 0.29) is 16.8 Å². The van der Waals surface area contributed by atoms with Crippen molar-refractivity contribution < 1.29 is 27.1 Å². The Morgan fingerprint density at radius 1 is 1.17 bits per heavy atom. The van der Waals surface area contributed by atoms with Crippen molar-refractivity contribution in [1.29, 1.82) is 0 Å². The maximum Gasteiger partial charge on any atom is 0.341 e. The molecule has 9 heteroatoms. The fourth-order valence-electron chi connectivity index (χ4n) is 4.25. The smallest absolute Gasteiger partial charge is 0.341 e. The Morgan fingerprint density at radius 2 is 1.86 bits per heavy atom. The number of halogens is 1. The zero-order chi connectivity index (χ0) is 21.2. The molecule has 1 aliphatic carbocycles. The van der Waals surface area contributed by atoms with E-state index in [1.165, 1.54) is 20.5 Å². The van der Waals surface area contributed by atoms with Crippen LogP contribution in [0.15, 0.2) is 23.1 Å². The van der Waals surface area contributed by atoms with Crippen LogP contribution in [0.3, 0.4) is 0 Å². The van der Waals surface area contributed by atoms with Gasteiger partial charge in [-0.05, 0) is 49.8 Å². The monoisotopic (exact) mass is 426 g/mol. The average molecular weight is 427 g/mol. The van der Waals surface area contributed by atoms with E-state index in [4.69, 9.17) is 4.74 Å². The lowest BCUT2D eigenvalue weighted by molar-refractivity contribution is -0.140. The Morgan fingerprint density at radius 3 is 2.59 bits per heavy atom. The number of sulfonamides is 1. The first-order valence-corrected chi connectivity index (χ1v) is 11.3. The third-order valence-electron chi connectivity index (χ3n) is 5.83.